The van der Waals surface area contributed by atoms with Gasteiger partial charge in [-0.3, -0.25) is 4.72 Å². The van der Waals surface area contributed by atoms with Crippen LogP contribution in [0.15, 0.2) is 47.4 Å². The molecule has 1 N–H and O–H groups in total. The molecule has 2 rings (SSSR count). The Hall–Kier alpha value is -2.59. The molecule has 0 aliphatic rings. The summed E-state index contributed by atoms with van der Waals surface area (Å²) in [6.45, 7) is 0. The Morgan fingerprint density at radius 2 is 2.00 bits per heavy atom. The van der Waals surface area contributed by atoms with Crippen molar-refractivity contribution in [3.63, 3.8) is 0 Å². The molecule has 0 aliphatic carbocycles. The molecule has 5 nitrogen and oxygen atoms in total. The summed E-state index contributed by atoms with van der Waals surface area (Å²) in [6, 6.07) is 11.2. The van der Waals surface area contributed by atoms with Gasteiger partial charge in [-0.15, -0.1) is 0 Å². The molecule has 2 aromatic carbocycles. The van der Waals surface area contributed by atoms with E-state index in [1.54, 1.807) is 12.1 Å². The van der Waals surface area contributed by atoms with Gasteiger partial charge in [0.1, 0.15) is 0 Å². The van der Waals surface area contributed by atoms with Crippen LogP contribution in [0.1, 0.15) is 5.56 Å². The summed E-state index contributed by atoms with van der Waals surface area (Å²) in [7, 11) is -2.65. The van der Waals surface area contributed by atoms with Crippen molar-refractivity contribution < 1.29 is 17.5 Å². The Balaban J connectivity index is 2.34. The highest BCUT2D eigenvalue weighted by Gasteiger charge is 2.17. The van der Waals surface area contributed by atoms with Crippen LogP contribution in [0.2, 0.25) is 0 Å². The molecule has 0 aromatic heterocycles. The van der Waals surface area contributed by atoms with E-state index in [4.69, 9.17) is 10.00 Å². The van der Waals surface area contributed by atoms with Crippen LogP contribution in [0.3, 0.4) is 0 Å². The van der Waals surface area contributed by atoms with Gasteiger partial charge in [0.25, 0.3) is 10.0 Å². The molecular weight excluding hydrogens is 295 g/mol. The molecule has 21 heavy (non-hydrogen) atoms. The van der Waals surface area contributed by atoms with Gasteiger partial charge in [-0.05, 0) is 36.4 Å². The fraction of sp³-hybridized carbons (Fsp3) is 0.0714. The summed E-state index contributed by atoms with van der Waals surface area (Å²) in [5.41, 5.74) is 0.543. The first-order chi connectivity index (χ1) is 9.96. The lowest BCUT2D eigenvalue weighted by Crippen LogP contribution is -2.13. The summed E-state index contributed by atoms with van der Waals surface area (Å²) in [5.74, 6) is -0.813. The third-order valence-electron chi connectivity index (χ3n) is 2.68. The highest BCUT2D eigenvalue weighted by molar-refractivity contribution is 7.92. The predicted octanol–water partition coefficient (Wildman–Crippen LogP) is 2.51. The average Bonchev–Trinajstić information content (AvgIpc) is 2.47. The first-order valence-electron chi connectivity index (χ1n) is 5.83. The number of nitrogens with one attached hydrogen (secondary N) is 1. The van der Waals surface area contributed by atoms with Crippen LogP contribution in [0.5, 0.6) is 5.75 Å². The number of rotatable bonds is 4. The summed E-state index contributed by atoms with van der Waals surface area (Å²) < 4.78 is 44.9. The molecule has 0 bridgehead atoms. The zero-order chi connectivity index (χ0) is 15.5. The normalized spacial score (nSPS) is 10.7. The largest absolute Gasteiger partial charge is 0.494 e. The van der Waals surface area contributed by atoms with Gasteiger partial charge in [-0.1, -0.05) is 6.07 Å². The molecule has 0 amide bonds. The SMILES string of the molecule is COc1ccc(S(=O)(=O)Nc2cccc(C#N)c2)cc1F. The topological polar surface area (TPSA) is 79.2 Å². The number of nitrogens with zero attached hydrogens (tertiary/aromatic N) is 1. The van der Waals surface area contributed by atoms with Crippen molar-refractivity contribution in [2.45, 2.75) is 4.90 Å². The third-order valence-corrected chi connectivity index (χ3v) is 4.06. The first kappa shape index (κ1) is 14.8. The van der Waals surface area contributed by atoms with E-state index in [-0.39, 0.29) is 16.3 Å². The van der Waals surface area contributed by atoms with Gasteiger partial charge in [0, 0.05) is 0 Å². The van der Waals surface area contributed by atoms with E-state index in [9.17, 15) is 12.8 Å². The molecule has 0 atom stereocenters. The van der Waals surface area contributed by atoms with Crippen LogP contribution < -0.4 is 9.46 Å². The van der Waals surface area contributed by atoms with Gasteiger partial charge in [-0.2, -0.15) is 5.26 Å². The quantitative estimate of drug-likeness (QED) is 0.941. The Morgan fingerprint density at radius 1 is 1.24 bits per heavy atom. The maximum atomic E-state index is 13.6. The van der Waals surface area contributed by atoms with Crippen molar-refractivity contribution in [3.8, 4) is 11.8 Å². The highest BCUT2D eigenvalue weighted by atomic mass is 32.2. The second kappa shape index (κ2) is 5.81. The zero-order valence-electron chi connectivity index (χ0n) is 11.0. The fourth-order valence-corrected chi connectivity index (χ4v) is 2.74. The van der Waals surface area contributed by atoms with Gasteiger partial charge in [0.15, 0.2) is 11.6 Å². The summed E-state index contributed by atoms with van der Waals surface area (Å²) in [5, 5.41) is 8.78. The van der Waals surface area contributed by atoms with Gasteiger partial charge in [0.05, 0.1) is 29.3 Å². The van der Waals surface area contributed by atoms with Gasteiger partial charge >= 0.3 is 0 Å². The van der Waals surface area contributed by atoms with Crippen LogP contribution in [0.25, 0.3) is 0 Å². The van der Waals surface area contributed by atoms with E-state index >= 15 is 0 Å². The van der Waals surface area contributed by atoms with Gasteiger partial charge in [-0.25, -0.2) is 12.8 Å². The number of hydrogen-bond donors (Lipinski definition) is 1. The molecule has 108 valence electrons. The molecule has 0 fully saturated rings. The minimum atomic E-state index is -3.94. The number of benzene rings is 2. The standard InChI is InChI=1S/C14H11FN2O3S/c1-20-14-6-5-12(8-13(14)15)21(18,19)17-11-4-2-3-10(7-11)9-16/h2-8,17H,1H3. The summed E-state index contributed by atoms with van der Waals surface area (Å²) >= 11 is 0. The van der Waals surface area contributed by atoms with Crippen LogP contribution in [-0.2, 0) is 10.0 Å². The van der Waals surface area contributed by atoms with E-state index in [0.29, 0.717) is 5.56 Å². The van der Waals surface area contributed by atoms with E-state index in [1.165, 1.54) is 31.4 Å². The Bertz CT molecular complexity index is 813. The second-order valence-electron chi connectivity index (χ2n) is 4.09. The first-order valence-corrected chi connectivity index (χ1v) is 7.31. The lowest BCUT2D eigenvalue weighted by atomic mass is 10.2. The summed E-state index contributed by atoms with van der Waals surface area (Å²) in [6.07, 6.45) is 0. The molecule has 0 unspecified atom stereocenters. The van der Waals surface area contributed by atoms with Crippen molar-refractivity contribution in [3.05, 3.63) is 53.8 Å². The minimum absolute atomic E-state index is 0.0413. The smallest absolute Gasteiger partial charge is 0.262 e. The Labute approximate surface area is 121 Å². The zero-order valence-corrected chi connectivity index (χ0v) is 11.8. The molecule has 2 aromatic rings. The van der Waals surface area contributed by atoms with Crippen molar-refractivity contribution >= 4 is 15.7 Å². The van der Waals surface area contributed by atoms with E-state index < -0.39 is 15.8 Å². The molecule has 0 heterocycles. The van der Waals surface area contributed by atoms with Crippen molar-refractivity contribution in [2.75, 3.05) is 11.8 Å². The Kier molecular flexibility index (Phi) is 4.10. The number of hydrogen-bond acceptors (Lipinski definition) is 4. The molecule has 0 saturated carbocycles. The number of methoxy groups -OCH3 is 1. The van der Waals surface area contributed by atoms with Crippen LogP contribution in [-0.4, -0.2) is 15.5 Å². The van der Waals surface area contributed by atoms with Crippen molar-refractivity contribution in [1.29, 1.82) is 5.26 Å². The van der Waals surface area contributed by atoms with E-state index in [2.05, 4.69) is 4.72 Å². The molecular formula is C14H11FN2O3S. The molecule has 0 aliphatic heterocycles. The predicted molar refractivity (Wildman–Crippen MR) is 74.9 cm³/mol. The molecule has 0 spiro atoms. The van der Waals surface area contributed by atoms with E-state index in [1.807, 2.05) is 6.07 Å². The maximum Gasteiger partial charge on any atom is 0.262 e. The van der Waals surface area contributed by atoms with Crippen molar-refractivity contribution in [2.24, 2.45) is 0 Å². The number of nitriles is 1. The van der Waals surface area contributed by atoms with E-state index in [0.717, 1.165) is 6.07 Å². The maximum absolute atomic E-state index is 13.6. The number of sulfonamides is 1. The highest BCUT2D eigenvalue weighted by Crippen LogP contribution is 2.22. The average molecular weight is 306 g/mol. The summed E-state index contributed by atoms with van der Waals surface area (Å²) in [4.78, 5) is -0.233. The minimum Gasteiger partial charge on any atom is -0.494 e. The molecule has 7 heteroatoms. The lowest BCUT2D eigenvalue weighted by molar-refractivity contribution is 0.385. The molecule has 0 radical (unpaired) electrons. The van der Waals surface area contributed by atoms with Gasteiger partial charge < -0.3 is 4.74 Å². The van der Waals surface area contributed by atoms with Gasteiger partial charge in [0.2, 0.25) is 0 Å². The number of anilines is 1. The third kappa shape index (κ3) is 3.30. The molecule has 0 saturated heterocycles. The number of ether oxygens (including phenoxy) is 1. The van der Waals surface area contributed by atoms with Crippen LogP contribution in [0, 0.1) is 17.1 Å². The van der Waals surface area contributed by atoms with Crippen molar-refractivity contribution in [1.82, 2.24) is 0 Å². The fourth-order valence-electron chi connectivity index (χ4n) is 1.68. The monoisotopic (exact) mass is 306 g/mol. The lowest BCUT2D eigenvalue weighted by Gasteiger charge is -2.09. The van der Waals surface area contributed by atoms with Crippen LogP contribution in [0.4, 0.5) is 10.1 Å². The number of halogens is 1. The van der Waals surface area contributed by atoms with Crippen LogP contribution >= 0.6 is 0 Å². The Morgan fingerprint density at radius 3 is 2.62 bits per heavy atom. The second-order valence-corrected chi connectivity index (χ2v) is 5.78.